The molecule has 3 aliphatic carbocycles. The number of aromatic nitrogens is 2. The zero-order chi connectivity index (χ0) is 38.9. The summed E-state index contributed by atoms with van der Waals surface area (Å²) >= 11 is 6.32. The Hall–Kier alpha value is -4.34. The molecule has 2 aromatic carbocycles. The van der Waals surface area contributed by atoms with Crippen LogP contribution >= 0.6 is 11.6 Å². The average Bonchev–Trinajstić information content (AvgIpc) is 3.31. The van der Waals surface area contributed by atoms with Gasteiger partial charge in [0.1, 0.15) is 11.3 Å². The summed E-state index contributed by atoms with van der Waals surface area (Å²) < 4.78 is 19.7. The van der Waals surface area contributed by atoms with Crippen LogP contribution in [0.4, 0.5) is 5.69 Å². The van der Waals surface area contributed by atoms with E-state index in [-0.39, 0.29) is 11.3 Å². The van der Waals surface area contributed by atoms with Crippen molar-refractivity contribution in [3.63, 3.8) is 0 Å². The number of aliphatic carboxylic acids is 1. The van der Waals surface area contributed by atoms with E-state index < -0.39 is 11.5 Å². The summed E-state index contributed by atoms with van der Waals surface area (Å²) in [4.78, 5) is 24.6. The zero-order valence-electron chi connectivity index (χ0n) is 32.9. The molecule has 0 saturated heterocycles. The number of carboxylic acid groups (broad SMARTS) is 1. The molecule has 0 radical (unpaired) electrons. The van der Waals surface area contributed by atoms with Crippen molar-refractivity contribution in [2.24, 2.45) is 17.8 Å². The Labute approximate surface area is 336 Å². The van der Waals surface area contributed by atoms with E-state index in [4.69, 9.17) is 25.8 Å². The van der Waals surface area contributed by atoms with Crippen LogP contribution in [0, 0.1) is 17.8 Å². The number of pyridine rings is 2. The van der Waals surface area contributed by atoms with Gasteiger partial charge in [-0.2, -0.15) is 0 Å². The summed E-state index contributed by atoms with van der Waals surface area (Å²) in [5.41, 5.74) is 5.53. The Morgan fingerprint density at radius 2 is 1.84 bits per heavy atom. The van der Waals surface area contributed by atoms with Gasteiger partial charge in [0.05, 0.1) is 25.5 Å². The van der Waals surface area contributed by atoms with Crippen molar-refractivity contribution < 1.29 is 24.1 Å². The molecular formula is C46H55ClN4O5. The Bertz CT molecular complexity index is 2020. The lowest BCUT2D eigenvalue weighted by Crippen LogP contribution is -2.53. The minimum absolute atomic E-state index is 0.199. The summed E-state index contributed by atoms with van der Waals surface area (Å²) in [6.45, 7) is 7.94. The molecule has 56 heavy (non-hydrogen) atoms. The van der Waals surface area contributed by atoms with Crippen molar-refractivity contribution >= 4 is 23.3 Å². The van der Waals surface area contributed by atoms with E-state index in [0.29, 0.717) is 55.4 Å². The van der Waals surface area contributed by atoms with Crippen molar-refractivity contribution in [2.45, 2.75) is 95.1 Å². The maximum absolute atomic E-state index is 13.1. The van der Waals surface area contributed by atoms with Gasteiger partial charge >= 0.3 is 5.97 Å². The van der Waals surface area contributed by atoms with E-state index in [1.54, 1.807) is 0 Å². The fourth-order valence-corrected chi connectivity index (χ4v) is 10.4. The number of rotatable bonds is 12. The molecular weight excluding hydrogens is 724 g/mol. The molecule has 2 aromatic heterocycles. The maximum atomic E-state index is 13.1. The van der Waals surface area contributed by atoms with Gasteiger partial charge in [0, 0.05) is 53.4 Å². The van der Waals surface area contributed by atoms with Crippen LogP contribution in [0.2, 0.25) is 5.02 Å². The third-order valence-electron chi connectivity index (χ3n) is 13.0. The van der Waals surface area contributed by atoms with E-state index >= 15 is 0 Å². The normalized spacial score (nSPS) is 25.9. The molecule has 1 saturated carbocycles. The lowest BCUT2D eigenvalue weighted by molar-refractivity contribution is -0.144. The highest BCUT2D eigenvalue weighted by Gasteiger charge is 2.54. The highest BCUT2D eigenvalue weighted by Crippen LogP contribution is 2.58. The van der Waals surface area contributed by atoms with Gasteiger partial charge in [0.25, 0.3) is 0 Å². The van der Waals surface area contributed by atoms with E-state index in [0.717, 1.165) is 73.8 Å². The van der Waals surface area contributed by atoms with E-state index in [1.165, 1.54) is 35.2 Å². The van der Waals surface area contributed by atoms with Crippen molar-refractivity contribution in [3.8, 4) is 17.2 Å². The largest absolute Gasteiger partial charge is 0.493 e. The first-order valence-corrected chi connectivity index (χ1v) is 20.9. The van der Waals surface area contributed by atoms with Crippen LogP contribution in [0.25, 0.3) is 0 Å². The molecule has 10 heteroatoms. The molecule has 4 aromatic rings. The van der Waals surface area contributed by atoms with E-state index in [9.17, 15) is 9.90 Å². The molecule has 2 N–H and O–H groups in total. The molecule has 8 rings (SSSR count). The molecule has 1 aliphatic heterocycles. The number of aryl methyl sites for hydroxylation is 1. The first-order valence-electron chi connectivity index (χ1n) is 20.5. The second-order valence-corrected chi connectivity index (χ2v) is 17.6. The van der Waals surface area contributed by atoms with Gasteiger partial charge < -0.3 is 29.5 Å². The molecule has 1 unspecified atom stereocenters. The number of ether oxygens (including phenoxy) is 3. The summed E-state index contributed by atoms with van der Waals surface area (Å²) in [7, 11) is 2.12. The van der Waals surface area contributed by atoms with E-state index in [1.807, 2.05) is 54.9 Å². The van der Waals surface area contributed by atoms with Gasteiger partial charge in [-0.15, -0.1) is 0 Å². The predicted octanol–water partition coefficient (Wildman–Crippen LogP) is 9.11. The highest BCUT2D eigenvalue weighted by molar-refractivity contribution is 6.30. The Balaban J connectivity index is 1.02. The smallest absolute Gasteiger partial charge is 0.329 e. The minimum Gasteiger partial charge on any atom is -0.493 e. The molecule has 4 aliphatic rings. The first kappa shape index (κ1) is 38.5. The van der Waals surface area contributed by atoms with Crippen molar-refractivity contribution in [3.05, 3.63) is 106 Å². The number of fused-ring (bicyclic) bond motifs is 4. The SMILES string of the molecule is C[C@@H](COc1ccnc2c1[C@H](C)CCC2)C[C@H]1Cc2cc3c(cc2C12CCC(Nc1cccc(Cl)c1)(C(=O)O)CC2)OCC(CN(C)Cc1ccccn1)CO3. The Morgan fingerprint density at radius 3 is 2.59 bits per heavy atom. The Kier molecular flexibility index (Phi) is 11.2. The fraction of sp³-hybridized carbons (Fsp3) is 0.500. The van der Waals surface area contributed by atoms with Crippen LogP contribution in [0.3, 0.4) is 0 Å². The number of anilines is 1. The predicted molar refractivity (Wildman–Crippen MR) is 219 cm³/mol. The average molecular weight is 779 g/mol. The number of halogens is 1. The highest BCUT2D eigenvalue weighted by atomic mass is 35.5. The number of nitrogens with one attached hydrogen (secondary N) is 1. The quantitative estimate of drug-likeness (QED) is 0.146. The van der Waals surface area contributed by atoms with Crippen molar-refractivity contribution in [2.75, 3.05) is 38.7 Å². The fourth-order valence-electron chi connectivity index (χ4n) is 10.2. The second kappa shape index (κ2) is 16.3. The molecule has 3 heterocycles. The van der Waals surface area contributed by atoms with Crippen LogP contribution in [-0.2, 0) is 29.6 Å². The van der Waals surface area contributed by atoms with Crippen molar-refractivity contribution in [1.82, 2.24) is 14.9 Å². The van der Waals surface area contributed by atoms with Crippen LogP contribution in [0.1, 0.15) is 92.8 Å². The van der Waals surface area contributed by atoms with Gasteiger partial charge in [-0.25, -0.2) is 4.79 Å². The monoisotopic (exact) mass is 778 g/mol. The van der Waals surface area contributed by atoms with Crippen LogP contribution in [0.15, 0.2) is 73.1 Å². The molecule has 1 fully saturated rings. The second-order valence-electron chi connectivity index (χ2n) is 17.2. The third-order valence-corrected chi connectivity index (χ3v) is 13.3. The summed E-state index contributed by atoms with van der Waals surface area (Å²) in [6.07, 6.45) is 11.4. The number of nitrogens with zero attached hydrogens (tertiary/aromatic N) is 3. The van der Waals surface area contributed by atoms with Crippen LogP contribution < -0.4 is 19.5 Å². The van der Waals surface area contributed by atoms with Crippen molar-refractivity contribution in [1.29, 1.82) is 0 Å². The molecule has 1 spiro atoms. The van der Waals surface area contributed by atoms with Gasteiger partial charge in [-0.1, -0.05) is 37.6 Å². The minimum atomic E-state index is -1.09. The van der Waals surface area contributed by atoms with Gasteiger partial charge in [-0.3, -0.25) is 9.97 Å². The maximum Gasteiger partial charge on any atom is 0.329 e. The zero-order valence-corrected chi connectivity index (χ0v) is 33.7. The number of hydrogen-bond acceptors (Lipinski definition) is 8. The van der Waals surface area contributed by atoms with E-state index in [2.05, 4.69) is 59.3 Å². The number of carbonyl (C=O) groups is 1. The standard InChI is InChI=1S/C46H55ClN4O5/c1-30(27-54-40-13-19-49-39-12-6-8-31(2)43(39)40)20-34-21-33-22-41-42(56-29-32(28-55-41)25-51(3)26-37-10-4-5-18-48-37)24-38(33)45(34)14-16-46(17-15-45,44(52)53)50-36-11-7-9-35(47)23-36/h4-5,7,9-11,13,18-19,22-24,30-32,34,50H,6,8,12,14-17,20-21,25-29H2,1-3H3,(H,52,53)/t30-,31-,32?,34+,45?,46?/m1/s1. The summed E-state index contributed by atoms with van der Waals surface area (Å²) in [5.74, 6) is 3.01. The number of carboxylic acids is 1. The molecule has 296 valence electrons. The van der Waals surface area contributed by atoms with Gasteiger partial charge in [0.2, 0.25) is 0 Å². The molecule has 9 nitrogen and oxygen atoms in total. The molecule has 0 amide bonds. The topological polar surface area (TPSA) is 106 Å². The third kappa shape index (κ3) is 7.94. The number of benzene rings is 2. The lowest BCUT2D eigenvalue weighted by Gasteiger charge is -2.47. The summed E-state index contributed by atoms with van der Waals surface area (Å²) in [6, 6.07) is 19.9. The Morgan fingerprint density at radius 1 is 1.04 bits per heavy atom. The van der Waals surface area contributed by atoms with Gasteiger partial charge in [-0.05, 0) is 148 Å². The first-order chi connectivity index (χ1) is 27.1. The number of hydrogen-bond donors (Lipinski definition) is 2. The van der Waals surface area contributed by atoms with Crippen LogP contribution in [-0.4, -0.2) is 64.9 Å². The van der Waals surface area contributed by atoms with Crippen LogP contribution in [0.5, 0.6) is 17.2 Å². The lowest BCUT2D eigenvalue weighted by atomic mass is 9.59. The molecule has 0 bridgehead atoms. The summed E-state index contributed by atoms with van der Waals surface area (Å²) in [5, 5.41) is 14.7. The van der Waals surface area contributed by atoms with Gasteiger partial charge in [0.15, 0.2) is 11.5 Å². The molecule has 4 atom stereocenters.